The first-order valence-corrected chi connectivity index (χ1v) is 6.52. The summed E-state index contributed by atoms with van der Waals surface area (Å²) in [5.74, 6) is -0.839. The van der Waals surface area contributed by atoms with Crippen molar-refractivity contribution in [2.24, 2.45) is 0 Å². The number of halogens is 1. The Bertz CT molecular complexity index is 809. The fourth-order valence-corrected chi connectivity index (χ4v) is 2.66. The van der Waals surface area contributed by atoms with Crippen LogP contribution in [0.15, 0.2) is 23.6 Å². The average Bonchev–Trinajstić information content (AvgIpc) is 3.02. The number of imidazole rings is 1. The van der Waals surface area contributed by atoms with Crippen LogP contribution in [0, 0.1) is 5.82 Å². The monoisotopic (exact) mass is 292 g/mol. The third-order valence-electron chi connectivity index (χ3n) is 2.85. The van der Waals surface area contributed by atoms with Crippen molar-refractivity contribution < 1.29 is 19.0 Å². The Kier molecular flexibility index (Phi) is 2.90. The number of carbonyl (C=O) groups is 1. The Morgan fingerprint density at radius 1 is 1.45 bits per heavy atom. The van der Waals surface area contributed by atoms with E-state index in [0.29, 0.717) is 22.6 Å². The van der Waals surface area contributed by atoms with E-state index in [9.17, 15) is 9.18 Å². The van der Waals surface area contributed by atoms with Crippen LogP contribution in [0.5, 0.6) is 5.75 Å². The molecule has 102 valence electrons. The SMILES string of the molecule is COc1csc(-c2nc3cc(C(=O)O)c(F)cc3[nH]2)c1. The summed E-state index contributed by atoms with van der Waals surface area (Å²) in [5, 5.41) is 10.7. The lowest BCUT2D eigenvalue weighted by Crippen LogP contribution is -1.99. The number of fused-ring (bicyclic) bond motifs is 1. The smallest absolute Gasteiger partial charge is 0.338 e. The molecule has 0 unspecified atom stereocenters. The zero-order chi connectivity index (χ0) is 14.3. The molecule has 0 bridgehead atoms. The maximum Gasteiger partial charge on any atom is 0.338 e. The third-order valence-corrected chi connectivity index (χ3v) is 3.76. The predicted molar refractivity (Wildman–Crippen MR) is 72.9 cm³/mol. The highest BCUT2D eigenvalue weighted by molar-refractivity contribution is 7.13. The van der Waals surface area contributed by atoms with Gasteiger partial charge in [0.2, 0.25) is 0 Å². The number of carboxylic acid groups (broad SMARTS) is 1. The topological polar surface area (TPSA) is 75.2 Å². The molecule has 0 radical (unpaired) electrons. The minimum atomic E-state index is -1.31. The van der Waals surface area contributed by atoms with E-state index in [2.05, 4.69) is 9.97 Å². The summed E-state index contributed by atoms with van der Waals surface area (Å²) < 4.78 is 18.7. The van der Waals surface area contributed by atoms with Gasteiger partial charge in [0.05, 0.1) is 28.6 Å². The number of nitrogens with zero attached hydrogens (tertiary/aromatic N) is 1. The van der Waals surface area contributed by atoms with E-state index in [1.807, 2.05) is 5.38 Å². The lowest BCUT2D eigenvalue weighted by molar-refractivity contribution is 0.0692. The predicted octanol–water partition coefficient (Wildman–Crippen LogP) is 3.14. The molecule has 0 saturated heterocycles. The van der Waals surface area contributed by atoms with Crippen LogP contribution in [0.25, 0.3) is 21.7 Å². The van der Waals surface area contributed by atoms with E-state index < -0.39 is 11.8 Å². The van der Waals surface area contributed by atoms with E-state index in [0.717, 1.165) is 10.9 Å². The largest absolute Gasteiger partial charge is 0.496 e. The zero-order valence-electron chi connectivity index (χ0n) is 10.3. The molecule has 2 aromatic heterocycles. The highest BCUT2D eigenvalue weighted by Crippen LogP contribution is 2.30. The van der Waals surface area contributed by atoms with Gasteiger partial charge in [0.1, 0.15) is 17.4 Å². The molecule has 2 N–H and O–H groups in total. The van der Waals surface area contributed by atoms with Crippen LogP contribution in [0.2, 0.25) is 0 Å². The Hall–Kier alpha value is -2.41. The molecule has 0 saturated carbocycles. The third kappa shape index (κ3) is 2.01. The highest BCUT2D eigenvalue weighted by Gasteiger charge is 2.15. The molecular formula is C13H9FN2O3S. The molecule has 20 heavy (non-hydrogen) atoms. The maximum absolute atomic E-state index is 13.6. The number of H-pyrrole nitrogens is 1. The number of methoxy groups -OCH3 is 1. The van der Waals surface area contributed by atoms with Crippen molar-refractivity contribution >= 4 is 28.3 Å². The van der Waals surface area contributed by atoms with Crippen molar-refractivity contribution in [2.75, 3.05) is 7.11 Å². The first-order chi connectivity index (χ1) is 9.58. The van der Waals surface area contributed by atoms with Gasteiger partial charge in [-0.2, -0.15) is 0 Å². The molecule has 0 fully saturated rings. The normalized spacial score (nSPS) is 10.9. The number of benzene rings is 1. The van der Waals surface area contributed by atoms with E-state index in [1.165, 1.54) is 17.4 Å². The number of aromatic amines is 1. The molecule has 0 aliphatic rings. The Balaban J connectivity index is 2.12. The maximum atomic E-state index is 13.6. The molecule has 2 heterocycles. The van der Waals surface area contributed by atoms with Gasteiger partial charge in [0.25, 0.3) is 0 Å². The molecule has 0 atom stereocenters. The van der Waals surface area contributed by atoms with Crippen LogP contribution >= 0.6 is 11.3 Å². The molecule has 3 aromatic rings. The molecule has 0 aliphatic carbocycles. The second kappa shape index (κ2) is 4.61. The van der Waals surface area contributed by atoms with Crippen molar-refractivity contribution in [3.8, 4) is 16.5 Å². The van der Waals surface area contributed by atoms with E-state index in [-0.39, 0.29) is 5.56 Å². The van der Waals surface area contributed by atoms with Crippen molar-refractivity contribution in [3.05, 3.63) is 35.0 Å². The second-order valence-corrected chi connectivity index (χ2v) is 5.00. The number of nitrogens with one attached hydrogen (secondary N) is 1. The molecular weight excluding hydrogens is 283 g/mol. The lowest BCUT2D eigenvalue weighted by Gasteiger charge is -1.95. The summed E-state index contributed by atoms with van der Waals surface area (Å²) in [6, 6.07) is 4.16. The lowest BCUT2D eigenvalue weighted by atomic mass is 10.2. The van der Waals surface area contributed by atoms with Gasteiger partial charge in [-0.1, -0.05) is 0 Å². The first-order valence-electron chi connectivity index (χ1n) is 5.64. The fraction of sp³-hybridized carbons (Fsp3) is 0.0769. The standard InChI is InChI=1S/C13H9FN2O3S/c1-19-6-2-11(20-5-6)12-15-9-3-7(13(17)18)8(14)4-10(9)16-12/h2-5H,1H3,(H,15,16)(H,17,18). The van der Waals surface area contributed by atoms with Crippen LogP contribution in [-0.4, -0.2) is 28.2 Å². The Labute approximate surface area is 116 Å². The number of rotatable bonds is 3. The molecule has 3 rings (SSSR count). The fourth-order valence-electron chi connectivity index (χ4n) is 1.86. The van der Waals surface area contributed by atoms with Crippen LogP contribution in [0.4, 0.5) is 4.39 Å². The molecule has 0 spiro atoms. The summed E-state index contributed by atoms with van der Waals surface area (Å²) in [6.07, 6.45) is 0. The van der Waals surface area contributed by atoms with Gasteiger partial charge < -0.3 is 14.8 Å². The van der Waals surface area contributed by atoms with Gasteiger partial charge >= 0.3 is 5.97 Å². The summed E-state index contributed by atoms with van der Waals surface area (Å²) >= 11 is 1.43. The van der Waals surface area contributed by atoms with E-state index >= 15 is 0 Å². The number of aromatic carboxylic acids is 1. The average molecular weight is 292 g/mol. The van der Waals surface area contributed by atoms with Crippen molar-refractivity contribution in [3.63, 3.8) is 0 Å². The zero-order valence-corrected chi connectivity index (χ0v) is 11.1. The number of hydrogen-bond acceptors (Lipinski definition) is 4. The summed E-state index contributed by atoms with van der Waals surface area (Å²) in [4.78, 5) is 19.0. The van der Waals surface area contributed by atoms with Gasteiger partial charge in [-0.25, -0.2) is 14.2 Å². The quantitative estimate of drug-likeness (QED) is 0.777. The van der Waals surface area contributed by atoms with Gasteiger partial charge in [0, 0.05) is 17.5 Å². The van der Waals surface area contributed by atoms with E-state index in [1.54, 1.807) is 13.2 Å². The van der Waals surface area contributed by atoms with Crippen LogP contribution < -0.4 is 4.74 Å². The van der Waals surface area contributed by atoms with Gasteiger partial charge in [-0.05, 0) is 6.07 Å². The Morgan fingerprint density at radius 3 is 2.90 bits per heavy atom. The minimum Gasteiger partial charge on any atom is -0.496 e. The summed E-state index contributed by atoms with van der Waals surface area (Å²) in [5.41, 5.74) is 0.473. The van der Waals surface area contributed by atoms with Crippen molar-refractivity contribution in [1.82, 2.24) is 9.97 Å². The van der Waals surface area contributed by atoms with Gasteiger partial charge in [-0.3, -0.25) is 0 Å². The number of hydrogen-bond donors (Lipinski definition) is 2. The number of carboxylic acids is 1. The summed E-state index contributed by atoms with van der Waals surface area (Å²) in [6.45, 7) is 0. The minimum absolute atomic E-state index is 0.390. The number of aromatic nitrogens is 2. The van der Waals surface area contributed by atoms with E-state index in [4.69, 9.17) is 9.84 Å². The molecule has 0 amide bonds. The van der Waals surface area contributed by atoms with Crippen LogP contribution in [0.3, 0.4) is 0 Å². The number of thiophene rings is 1. The highest BCUT2D eigenvalue weighted by atomic mass is 32.1. The number of ether oxygens (including phenoxy) is 1. The van der Waals surface area contributed by atoms with Gasteiger partial charge in [-0.15, -0.1) is 11.3 Å². The molecule has 1 aromatic carbocycles. The van der Waals surface area contributed by atoms with Gasteiger partial charge in [0.15, 0.2) is 0 Å². The summed E-state index contributed by atoms with van der Waals surface area (Å²) in [7, 11) is 1.57. The van der Waals surface area contributed by atoms with Crippen molar-refractivity contribution in [2.45, 2.75) is 0 Å². The Morgan fingerprint density at radius 2 is 2.25 bits per heavy atom. The molecule has 7 heteroatoms. The van der Waals surface area contributed by atoms with Crippen LogP contribution in [0.1, 0.15) is 10.4 Å². The van der Waals surface area contributed by atoms with Crippen LogP contribution in [-0.2, 0) is 0 Å². The molecule has 5 nitrogen and oxygen atoms in total. The molecule has 0 aliphatic heterocycles. The second-order valence-electron chi connectivity index (χ2n) is 4.09. The first kappa shape index (κ1) is 12.6. The van der Waals surface area contributed by atoms with Crippen molar-refractivity contribution in [1.29, 1.82) is 0 Å².